The first-order chi connectivity index (χ1) is 0. The molecule has 0 aliphatic rings. The van der Waals surface area contributed by atoms with Gasteiger partial charge in [-0.25, -0.2) is 0 Å². The number of rotatable bonds is 0. The summed E-state index contributed by atoms with van der Waals surface area (Å²) >= 11 is 0. The Morgan fingerprint density at radius 1 is 0.400 bits per heavy atom. The summed E-state index contributed by atoms with van der Waals surface area (Å²) in [5.74, 6) is 0. The van der Waals surface area contributed by atoms with Crippen molar-refractivity contribution in [3.63, 3.8) is 0 Å². The summed E-state index contributed by atoms with van der Waals surface area (Å²) < 4.78 is 0. The normalized spacial score (nSPS) is 0. The molecule has 0 saturated carbocycles. The predicted molar refractivity (Wildman–Crippen MR) is 15.1 cm³/mol. The van der Waals surface area contributed by atoms with E-state index in [1.165, 1.54) is 0 Å². The van der Waals surface area contributed by atoms with E-state index in [0.29, 0.717) is 0 Å². The third-order valence-corrected chi connectivity index (χ3v) is 0. The first-order valence-electron chi connectivity index (χ1n) is 0. The van der Waals surface area contributed by atoms with Crippen LogP contribution in [0, 0.1) is 0 Å². The number of hydrogen-bond acceptors (Lipinski definition) is 3. The van der Waals surface area contributed by atoms with E-state index in [2.05, 4.69) is 0 Å². The molecule has 0 rings (SSSR count). The summed E-state index contributed by atoms with van der Waals surface area (Å²) in [4.78, 5) is 0. The molecule has 0 aromatic rings. The molecule has 0 aliphatic heterocycles. The van der Waals surface area contributed by atoms with Crippen molar-refractivity contribution in [2.45, 2.75) is 0 Å². The Bertz CT molecular complexity index is 4.85. The van der Waals surface area contributed by atoms with Crippen LogP contribution in [0.4, 0.5) is 0 Å². The Balaban J connectivity index is 0. The zero-order chi connectivity index (χ0) is 0. The van der Waals surface area contributed by atoms with Crippen molar-refractivity contribution in [1.29, 1.82) is 0 Å². The second-order valence-electron chi connectivity index (χ2n) is 0. The van der Waals surface area contributed by atoms with Gasteiger partial charge < -0.3 is 18.5 Å². The van der Waals surface area contributed by atoms with E-state index in [1.54, 1.807) is 0 Å². The molecule has 0 aromatic carbocycles. The monoisotopic (exact) mass is 129 g/mol. The molecule has 0 saturated heterocycles. The summed E-state index contributed by atoms with van der Waals surface area (Å²) in [7, 11) is 0. The fraction of sp³-hybridized carbons (Fsp3) is 0. The molecule has 0 aliphatic carbocycles. The summed E-state index contributed by atoms with van der Waals surface area (Å²) in [5, 5.41) is 0. The van der Waals surface area contributed by atoms with Crippen LogP contribution >= 0.6 is 0 Å². The first-order valence-corrected chi connectivity index (χ1v) is 0. The van der Waals surface area contributed by atoms with E-state index in [4.69, 9.17) is 0 Å². The minimum atomic E-state index is 0. The average Bonchev–Trinajstić information content (AvgIpc) is 0. The van der Waals surface area contributed by atoms with Crippen LogP contribution in [0.15, 0.2) is 0 Å². The molecule has 0 radical (unpaired) electrons. The van der Waals surface area contributed by atoms with Gasteiger partial charge in [-0.1, -0.05) is 0 Å². The van der Waals surface area contributed by atoms with Gasteiger partial charge in [0.15, 0.2) is 0 Å². The van der Waals surface area contributed by atoms with E-state index < -0.39 is 0 Å². The molecular weight excluding hydrogens is 120 g/mol. The minimum Gasteiger partial charge on any atom is -0.344 e. The third kappa shape index (κ3) is 19.1. The summed E-state index contributed by atoms with van der Waals surface area (Å²) in [5.41, 5.74) is 0. The topological polar surface area (TPSA) is 105 Å². The summed E-state index contributed by atoms with van der Waals surface area (Å²) in [6.45, 7) is 0. The zero-order valence-electron chi connectivity index (χ0n) is 4.12. The third-order valence-electron chi connectivity index (χ3n) is 0. The molecule has 0 atom stereocenters. The Morgan fingerprint density at radius 2 is 0.400 bits per heavy atom. The fourth-order valence-corrected chi connectivity index (χ4v) is 0. The van der Waals surface area contributed by atoms with Gasteiger partial charge in [0.1, 0.15) is 0 Å². The molecule has 3 nitrogen and oxygen atoms in total. The first kappa shape index (κ1) is 42.0. The number of hydrogen-bond donors (Lipinski definition) is 3. The van der Waals surface area contributed by atoms with E-state index >= 15 is 0 Å². The molecule has 0 amide bonds. The molecule has 9 N–H and O–H groups in total. The van der Waals surface area contributed by atoms with Crippen molar-refractivity contribution >= 4 is 0 Å². The van der Waals surface area contributed by atoms with Crippen LogP contribution in [-0.2, 0) is 0 Å². The summed E-state index contributed by atoms with van der Waals surface area (Å²) in [6, 6.07) is 0. The quantitative estimate of drug-likeness (QED) is 0.284. The van der Waals surface area contributed by atoms with Gasteiger partial charge in [-0.3, -0.25) is 0 Å². The second-order valence-corrected chi connectivity index (χ2v) is 0. The predicted octanol–water partition coefficient (Wildman–Crippen LogP) is -5.51. The smallest absolute Gasteiger partial charge is 0.344 e. The second kappa shape index (κ2) is 27.2. The van der Waals surface area contributed by atoms with Crippen molar-refractivity contribution in [1.82, 2.24) is 18.5 Å². The zero-order valence-corrected chi connectivity index (χ0v) is 10.4. The van der Waals surface area contributed by atoms with Gasteiger partial charge in [0.2, 0.25) is 0 Å². The van der Waals surface area contributed by atoms with Crippen LogP contribution in [-0.4, -0.2) is 0 Å². The van der Waals surface area contributed by atoms with Crippen molar-refractivity contribution in [3.8, 4) is 0 Å². The molecule has 0 aromatic heterocycles. The van der Waals surface area contributed by atoms with Gasteiger partial charge in [-0.2, -0.15) is 0 Å². The van der Waals surface area contributed by atoms with Gasteiger partial charge in [0.25, 0.3) is 0 Å². The maximum Gasteiger partial charge on any atom is 1.00 e. The van der Waals surface area contributed by atoms with Gasteiger partial charge in [-0.15, -0.1) is 0 Å². The maximum absolute atomic E-state index is 0. The molecule has 5 heavy (non-hydrogen) atoms. The standard InChI is InChI=1S/2K.3H3N/h;;3*1H3/q2*+1;;;. The minimum absolute atomic E-state index is 0. The maximum atomic E-state index is 0. The van der Waals surface area contributed by atoms with E-state index in [1.807, 2.05) is 0 Å². The Hall–Kier alpha value is 3.15. The molecular formula is H9K2N3+2. The van der Waals surface area contributed by atoms with Gasteiger partial charge >= 0.3 is 103 Å². The van der Waals surface area contributed by atoms with E-state index in [-0.39, 0.29) is 121 Å². The molecule has 0 heterocycles. The molecule has 5 heteroatoms. The van der Waals surface area contributed by atoms with Crippen LogP contribution in [0.2, 0.25) is 0 Å². The van der Waals surface area contributed by atoms with Crippen LogP contribution in [0.5, 0.6) is 0 Å². The van der Waals surface area contributed by atoms with Crippen LogP contribution in [0.3, 0.4) is 0 Å². The van der Waals surface area contributed by atoms with E-state index in [9.17, 15) is 0 Å². The van der Waals surface area contributed by atoms with Crippen molar-refractivity contribution in [2.24, 2.45) is 0 Å². The molecule has 0 bridgehead atoms. The summed E-state index contributed by atoms with van der Waals surface area (Å²) in [6.07, 6.45) is 0. The van der Waals surface area contributed by atoms with Crippen LogP contribution in [0.25, 0.3) is 0 Å². The molecule has 0 fully saturated rings. The Morgan fingerprint density at radius 3 is 0.400 bits per heavy atom. The van der Waals surface area contributed by atoms with Gasteiger partial charge in [-0.05, 0) is 0 Å². The van der Waals surface area contributed by atoms with Gasteiger partial charge in [0, 0.05) is 0 Å². The van der Waals surface area contributed by atoms with Crippen molar-refractivity contribution < 1.29 is 103 Å². The van der Waals surface area contributed by atoms with Gasteiger partial charge in [0.05, 0.1) is 0 Å². The molecule has 0 spiro atoms. The Kier molecular flexibility index (Phi) is 229. The van der Waals surface area contributed by atoms with Crippen molar-refractivity contribution in [3.05, 3.63) is 0 Å². The van der Waals surface area contributed by atoms with Crippen molar-refractivity contribution in [2.75, 3.05) is 0 Å². The average molecular weight is 129 g/mol. The van der Waals surface area contributed by atoms with E-state index in [0.717, 1.165) is 0 Å². The molecule has 0 unspecified atom stereocenters. The Labute approximate surface area is 118 Å². The SMILES string of the molecule is N.N.N.[K+].[K+]. The van der Waals surface area contributed by atoms with Crippen LogP contribution in [0.1, 0.15) is 0 Å². The van der Waals surface area contributed by atoms with Crippen LogP contribution < -0.4 is 121 Å². The molecule has 24 valence electrons. The fourth-order valence-electron chi connectivity index (χ4n) is 0. The largest absolute Gasteiger partial charge is 1.00 e.